The highest BCUT2D eigenvalue weighted by Gasteiger charge is 2.08. The smallest absolute Gasteiger partial charge is 0.338 e. The Morgan fingerprint density at radius 3 is 2.39 bits per heavy atom. The van der Waals surface area contributed by atoms with E-state index in [4.69, 9.17) is 0 Å². The highest BCUT2D eigenvalue weighted by Crippen LogP contribution is 2.07. The van der Waals surface area contributed by atoms with Crippen molar-refractivity contribution in [2.75, 3.05) is 6.61 Å². The van der Waals surface area contributed by atoms with Gasteiger partial charge >= 0.3 is 5.97 Å². The van der Waals surface area contributed by atoms with E-state index in [2.05, 4.69) is 16.5 Å². The van der Waals surface area contributed by atoms with Crippen molar-refractivity contribution in [3.05, 3.63) is 52.4 Å². The molecule has 0 saturated heterocycles. The molecular weight excluding hydrogens is 242 g/mol. The molecule has 95 valence electrons. The minimum absolute atomic E-state index is 0.195. The van der Waals surface area contributed by atoms with Crippen LogP contribution in [-0.2, 0) is 21.0 Å². The summed E-state index contributed by atoms with van der Waals surface area (Å²) in [5.74, 6) is -1.16. The number of ether oxygens (including phenoxy) is 1. The molecule has 0 aromatic heterocycles. The van der Waals surface area contributed by atoms with Crippen molar-refractivity contribution in [3.63, 3.8) is 0 Å². The predicted octanol–water partition coefficient (Wildman–Crippen LogP) is 0.955. The maximum absolute atomic E-state index is 11.4. The molecule has 0 fully saturated rings. The molecule has 1 aromatic carbocycles. The quantitative estimate of drug-likeness (QED) is 0.425. The van der Waals surface area contributed by atoms with Gasteiger partial charge in [0.05, 0.1) is 5.56 Å². The van der Waals surface area contributed by atoms with E-state index in [9.17, 15) is 19.7 Å². The number of carbonyl (C=O) groups excluding carboxylic acids is 2. The molecule has 7 heteroatoms. The number of nitrogens with zero attached hydrogens (tertiary/aromatic N) is 1. The average molecular weight is 252 g/mol. The van der Waals surface area contributed by atoms with Crippen LogP contribution in [0.2, 0.25) is 0 Å². The highest BCUT2D eigenvalue weighted by molar-refractivity contribution is 5.92. The van der Waals surface area contributed by atoms with Crippen molar-refractivity contribution >= 4 is 11.8 Å². The first kappa shape index (κ1) is 13.6. The fraction of sp³-hybridized carbons (Fsp3) is 0.182. The van der Waals surface area contributed by atoms with Gasteiger partial charge < -0.3 is 9.57 Å². The lowest BCUT2D eigenvalue weighted by Gasteiger charge is -2.03. The molecule has 0 spiro atoms. The van der Waals surface area contributed by atoms with Gasteiger partial charge in [-0.2, -0.15) is 0 Å². The monoisotopic (exact) mass is 252 g/mol. The molecule has 0 aliphatic rings. The lowest BCUT2D eigenvalue weighted by molar-refractivity contribution is -0.763. The number of hydrogen-bond acceptors (Lipinski definition) is 6. The van der Waals surface area contributed by atoms with Crippen molar-refractivity contribution in [2.24, 2.45) is 0 Å². The second-order valence-corrected chi connectivity index (χ2v) is 3.31. The Balaban J connectivity index is 2.56. The number of hydrogen-bond donors (Lipinski definition) is 0. The van der Waals surface area contributed by atoms with Crippen LogP contribution in [0.5, 0.6) is 0 Å². The molecule has 0 heterocycles. The minimum atomic E-state index is -0.901. The molecule has 0 saturated carbocycles. The zero-order chi connectivity index (χ0) is 13.5. The van der Waals surface area contributed by atoms with Gasteiger partial charge in [-0.25, -0.2) is 4.79 Å². The molecule has 7 nitrogen and oxygen atoms in total. The van der Waals surface area contributed by atoms with Gasteiger partial charge in [0.1, 0.15) is 13.2 Å². The summed E-state index contributed by atoms with van der Waals surface area (Å²) < 4.78 is 4.64. The Labute approximate surface area is 102 Å². The Morgan fingerprint density at radius 2 is 1.89 bits per heavy atom. The van der Waals surface area contributed by atoms with Crippen LogP contribution in [0.15, 0.2) is 24.3 Å². The van der Waals surface area contributed by atoms with Crippen molar-refractivity contribution in [1.82, 2.24) is 0 Å². The first-order valence-corrected chi connectivity index (χ1v) is 4.87. The van der Waals surface area contributed by atoms with E-state index in [0.717, 1.165) is 0 Å². The van der Waals surface area contributed by atoms with Gasteiger partial charge in [-0.3, -0.25) is 4.79 Å². The Kier molecular flexibility index (Phi) is 4.79. The third kappa shape index (κ3) is 4.60. The Bertz CT molecular complexity index is 453. The maximum atomic E-state index is 11.4. The Morgan fingerprint density at radius 1 is 1.28 bits per heavy atom. The van der Waals surface area contributed by atoms with Crippen LogP contribution in [0.1, 0.15) is 15.9 Å². The number of carbonyl (C=O) groups is 2. The van der Waals surface area contributed by atoms with Crippen molar-refractivity contribution < 1.29 is 24.3 Å². The third-order valence-electron chi connectivity index (χ3n) is 1.89. The molecule has 1 radical (unpaired) electrons. The summed E-state index contributed by atoms with van der Waals surface area (Å²) in [6.07, 6.45) is 0. The van der Waals surface area contributed by atoms with E-state index in [1.54, 1.807) is 0 Å². The molecule has 0 bridgehead atoms. The van der Waals surface area contributed by atoms with E-state index in [1.165, 1.54) is 24.3 Å². The predicted molar refractivity (Wildman–Crippen MR) is 58.9 cm³/mol. The number of ketones is 1. The second-order valence-electron chi connectivity index (χ2n) is 3.31. The van der Waals surface area contributed by atoms with Gasteiger partial charge in [-0.1, -0.05) is 12.1 Å². The molecule has 0 amide bonds. The summed E-state index contributed by atoms with van der Waals surface area (Å²) >= 11 is 0. The van der Waals surface area contributed by atoms with Gasteiger partial charge in [-0.05, 0) is 17.7 Å². The van der Waals surface area contributed by atoms with E-state index < -0.39 is 16.8 Å². The minimum Gasteiger partial charge on any atom is -0.454 e. The van der Waals surface area contributed by atoms with Crippen molar-refractivity contribution in [2.45, 2.75) is 6.61 Å². The van der Waals surface area contributed by atoms with Crippen molar-refractivity contribution in [3.8, 4) is 0 Å². The topological polar surface area (TPSA) is 95.7 Å². The molecule has 0 N–H and O–H groups in total. The number of benzene rings is 1. The van der Waals surface area contributed by atoms with Crippen LogP contribution in [0, 0.1) is 17.0 Å². The standard InChI is InChI=1S/C11H10NO6/c1-8(13)6-17-11(14)10-4-2-9(3-5-10)7-18-12(15)16/h2-5H,1,6-7H2. The number of rotatable bonds is 6. The first-order chi connectivity index (χ1) is 8.49. The van der Waals surface area contributed by atoms with E-state index in [-0.39, 0.29) is 18.8 Å². The van der Waals surface area contributed by atoms with Crippen LogP contribution >= 0.6 is 0 Å². The summed E-state index contributed by atoms with van der Waals surface area (Å²) in [4.78, 5) is 36.0. The van der Waals surface area contributed by atoms with E-state index >= 15 is 0 Å². The third-order valence-corrected chi connectivity index (χ3v) is 1.89. The molecule has 0 aliphatic heterocycles. The van der Waals surface area contributed by atoms with Gasteiger partial charge in [0, 0.05) is 6.92 Å². The number of esters is 1. The van der Waals surface area contributed by atoms with Crippen LogP contribution in [-0.4, -0.2) is 23.4 Å². The summed E-state index contributed by atoms with van der Waals surface area (Å²) in [5.41, 5.74) is 0.776. The molecule has 18 heavy (non-hydrogen) atoms. The lowest BCUT2D eigenvalue weighted by atomic mass is 10.1. The molecule has 0 aliphatic carbocycles. The highest BCUT2D eigenvalue weighted by atomic mass is 16.9. The normalized spacial score (nSPS) is 9.61. The Hall–Kier alpha value is -2.44. The summed E-state index contributed by atoms with van der Waals surface area (Å²) in [7, 11) is 0. The van der Waals surface area contributed by atoms with E-state index in [1.807, 2.05) is 0 Å². The van der Waals surface area contributed by atoms with Crippen molar-refractivity contribution in [1.29, 1.82) is 0 Å². The molecular formula is C11H10NO6. The fourth-order valence-corrected chi connectivity index (χ4v) is 1.09. The van der Waals surface area contributed by atoms with Crippen LogP contribution in [0.25, 0.3) is 0 Å². The van der Waals surface area contributed by atoms with Gasteiger partial charge in [0.2, 0.25) is 0 Å². The van der Waals surface area contributed by atoms with E-state index in [0.29, 0.717) is 5.56 Å². The molecule has 0 unspecified atom stereocenters. The van der Waals surface area contributed by atoms with Crippen LogP contribution in [0.3, 0.4) is 0 Å². The molecule has 0 atom stereocenters. The fourth-order valence-electron chi connectivity index (χ4n) is 1.09. The molecule has 1 rings (SSSR count). The summed E-state index contributed by atoms with van der Waals surface area (Å²) in [6.45, 7) is 2.48. The van der Waals surface area contributed by atoms with Gasteiger partial charge in [0.15, 0.2) is 5.78 Å². The molecule has 1 aromatic rings. The van der Waals surface area contributed by atoms with Crippen LogP contribution < -0.4 is 0 Å². The number of Topliss-reactive ketones (excluding diaryl/α,β-unsaturated/α-hetero) is 1. The lowest BCUT2D eigenvalue weighted by Crippen LogP contribution is -2.11. The summed E-state index contributed by atoms with van der Waals surface area (Å²) in [5, 5.41) is 9.07. The first-order valence-electron chi connectivity index (χ1n) is 4.87. The zero-order valence-electron chi connectivity index (χ0n) is 9.33. The maximum Gasteiger partial charge on any atom is 0.338 e. The van der Waals surface area contributed by atoms with Gasteiger partial charge in [0.25, 0.3) is 5.09 Å². The van der Waals surface area contributed by atoms with Crippen LogP contribution in [0.4, 0.5) is 0 Å². The van der Waals surface area contributed by atoms with Gasteiger partial charge in [-0.15, -0.1) is 10.1 Å². The average Bonchev–Trinajstić information content (AvgIpc) is 2.34. The SMILES string of the molecule is [CH2]C(=O)COC(=O)c1ccc(CO[N+](=O)[O-])cc1. The largest absolute Gasteiger partial charge is 0.454 e. The zero-order valence-corrected chi connectivity index (χ0v) is 9.33. The summed E-state index contributed by atoms with van der Waals surface area (Å²) in [6, 6.07) is 5.83. The second kappa shape index (κ2) is 6.33.